The molecular formula is C17H20N4O4. The topological polar surface area (TPSA) is 95.9 Å². The van der Waals surface area contributed by atoms with Gasteiger partial charge in [0.25, 0.3) is 5.91 Å². The summed E-state index contributed by atoms with van der Waals surface area (Å²) in [4.78, 5) is 36.3. The molecule has 1 amide bonds. The molecule has 1 N–H and O–H groups in total. The fraction of sp³-hybridized carbons (Fsp3) is 0.412. The summed E-state index contributed by atoms with van der Waals surface area (Å²) in [5, 5.41) is 8.92. The number of aliphatic hydroxyl groups excluding tert-OH is 1. The van der Waals surface area contributed by atoms with Crippen LogP contribution in [0, 0.1) is 0 Å². The molecule has 0 unspecified atom stereocenters. The summed E-state index contributed by atoms with van der Waals surface area (Å²) in [5.74, 6) is -0.892. The Morgan fingerprint density at radius 1 is 1.12 bits per heavy atom. The molecule has 2 aromatic rings. The molecule has 0 atom stereocenters. The van der Waals surface area contributed by atoms with E-state index in [1.807, 2.05) is 12.1 Å². The quantitative estimate of drug-likeness (QED) is 0.758. The zero-order valence-corrected chi connectivity index (χ0v) is 13.8. The van der Waals surface area contributed by atoms with Crippen LogP contribution in [0.1, 0.15) is 10.5 Å². The smallest absolute Gasteiger partial charge is 0.359 e. The minimum Gasteiger partial charge on any atom is -0.451 e. The molecule has 1 aliphatic heterocycles. The molecule has 132 valence electrons. The third kappa shape index (κ3) is 4.28. The minimum absolute atomic E-state index is 0.0827. The molecule has 0 bridgehead atoms. The molecule has 2 heterocycles. The zero-order chi connectivity index (χ0) is 17.6. The maximum atomic E-state index is 12.2. The Morgan fingerprint density at radius 2 is 1.84 bits per heavy atom. The number of aromatic nitrogens is 2. The van der Waals surface area contributed by atoms with E-state index in [4.69, 9.17) is 9.84 Å². The van der Waals surface area contributed by atoms with Crippen LogP contribution >= 0.6 is 0 Å². The number of nitrogens with zero attached hydrogens (tertiary/aromatic N) is 4. The third-order valence-corrected chi connectivity index (χ3v) is 4.13. The summed E-state index contributed by atoms with van der Waals surface area (Å²) < 4.78 is 5.08. The van der Waals surface area contributed by atoms with Crippen molar-refractivity contribution in [2.75, 3.05) is 45.9 Å². The lowest BCUT2D eigenvalue weighted by Crippen LogP contribution is -2.50. The van der Waals surface area contributed by atoms with E-state index in [0.29, 0.717) is 43.8 Å². The van der Waals surface area contributed by atoms with Crippen molar-refractivity contribution in [2.24, 2.45) is 0 Å². The van der Waals surface area contributed by atoms with Gasteiger partial charge in [0, 0.05) is 32.7 Å². The number of rotatable bonds is 5. The standard InChI is InChI=1S/C17H20N4O4/c22-10-9-20-5-7-21(8-6-20)16(23)12-25-17(24)15-11-18-13-3-1-2-4-14(13)19-15/h1-4,11,22H,5-10,12H2. The Labute approximate surface area is 145 Å². The molecule has 25 heavy (non-hydrogen) atoms. The predicted molar refractivity (Wildman–Crippen MR) is 89.9 cm³/mol. The van der Waals surface area contributed by atoms with Gasteiger partial charge in [-0.25, -0.2) is 9.78 Å². The number of carbonyl (C=O) groups is 2. The lowest BCUT2D eigenvalue weighted by Gasteiger charge is -2.34. The fourth-order valence-electron chi connectivity index (χ4n) is 2.71. The first kappa shape index (κ1) is 17.2. The number of para-hydroxylation sites is 2. The first-order chi connectivity index (χ1) is 12.2. The van der Waals surface area contributed by atoms with Crippen molar-refractivity contribution in [3.8, 4) is 0 Å². The van der Waals surface area contributed by atoms with Gasteiger partial charge < -0.3 is 14.7 Å². The number of hydrogen-bond donors (Lipinski definition) is 1. The van der Waals surface area contributed by atoms with Crippen LogP contribution < -0.4 is 0 Å². The average Bonchev–Trinajstić information content (AvgIpc) is 2.66. The van der Waals surface area contributed by atoms with Crippen LogP contribution in [-0.2, 0) is 9.53 Å². The summed E-state index contributed by atoms with van der Waals surface area (Å²) in [6.07, 6.45) is 1.35. The molecule has 0 radical (unpaired) electrons. The lowest BCUT2D eigenvalue weighted by atomic mass is 10.3. The van der Waals surface area contributed by atoms with E-state index in [0.717, 1.165) is 0 Å². The van der Waals surface area contributed by atoms with Crippen LogP contribution in [-0.4, -0.2) is 82.7 Å². The van der Waals surface area contributed by atoms with Gasteiger partial charge in [-0.3, -0.25) is 14.7 Å². The first-order valence-electron chi connectivity index (χ1n) is 8.17. The molecular weight excluding hydrogens is 324 g/mol. The van der Waals surface area contributed by atoms with Crippen LogP contribution in [0.3, 0.4) is 0 Å². The lowest BCUT2D eigenvalue weighted by molar-refractivity contribution is -0.136. The van der Waals surface area contributed by atoms with Gasteiger partial charge in [-0.05, 0) is 12.1 Å². The summed E-state index contributed by atoms with van der Waals surface area (Å²) >= 11 is 0. The number of aliphatic hydroxyl groups is 1. The van der Waals surface area contributed by atoms with E-state index in [1.54, 1.807) is 17.0 Å². The fourth-order valence-corrected chi connectivity index (χ4v) is 2.71. The SMILES string of the molecule is O=C(OCC(=O)N1CCN(CCO)CC1)c1cnc2ccccc2n1. The van der Waals surface area contributed by atoms with Crippen LogP contribution in [0.2, 0.25) is 0 Å². The summed E-state index contributed by atoms with van der Waals surface area (Å²) in [6.45, 7) is 2.94. The predicted octanol–water partition coefficient (Wildman–Crippen LogP) is -0.0769. The number of esters is 1. The molecule has 0 saturated carbocycles. The second-order valence-electron chi connectivity index (χ2n) is 5.77. The monoisotopic (exact) mass is 344 g/mol. The number of β-amino-alcohol motifs (C(OH)–C–C–N with tert-alkyl or cyclic N) is 1. The van der Waals surface area contributed by atoms with Crippen molar-refractivity contribution < 1.29 is 19.4 Å². The van der Waals surface area contributed by atoms with E-state index in [-0.39, 0.29) is 24.8 Å². The highest BCUT2D eigenvalue weighted by Crippen LogP contribution is 2.09. The Hall–Kier alpha value is -2.58. The van der Waals surface area contributed by atoms with E-state index < -0.39 is 5.97 Å². The van der Waals surface area contributed by atoms with Crippen molar-refractivity contribution in [3.63, 3.8) is 0 Å². The van der Waals surface area contributed by atoms with Gasteiger partial charge in [-0.1, -0.05) is 12.1 Å². The molecule has 0 spiro atoms. The second-order valence-corrected chi connectivity index (χ2v) is 5.77. The number of ether oxygens (including phenoxy) is 1. The van der Waals surface area contributed by atoms with Crippen molar-refractivity contribution in [3.05, 3.63) is 36.2 Å². The molecule has 1 fully saturated rings. The zero-order valence-electron chi connectivity index (χ0n) is 13.8. The molecule has 0 aliphatic carbocycles. The van der Waals surface area contributed by atoms with Crippen molar-refractivity contribution >= 4 is 22.9 Å². The van der Waals surface area contributed by atoms with Crippen molar-refractivity contribution in [1.29, 1.82) is 0 Å². The van der Waals surface area contributed by atoms with Gasteiger partial charge in [0.05, 0.1) is 23.8 Å². The maximum Gasteiger partial charge on any atom is 0.359 e. The number of carbonyl (C=O) groups excluding carboxylic acids is 2. The summed E-state index contributed by atoms with van der Waals surface area (Å²) in [5.41, 5.74) is 1.37. The highest BCUT2D eigenvalue weighted by Gasteiger charge is 2.22. The van der Waals surface area contributed by atoms with Crippen LogP contribution in [0.25, 0.3) is 11.0 Å². The van der Waals surface area contributed by atoms with E-state index in [1.165, 1.54) is 6.20 Å². The van der Waals surface area contributed by atoms with Crippen LogP contribution in [0.4, 0.5) is 0 Å². The molecule has 1 aromatic heterocycles. The van der Waals surface area contributed by atoms with Gasteiger partial charge in [-0.2, -0.15) is 0 Å². The van der Waals surface area contributed by atoms with Gasteiger partial charge in [0.1, 0.15) is 0 Å². The minimum atomic E-state index is -0.662. The van der Waals surface area contributed by atoms with Crippen molar-refractivity contribution in [1.82, 2.24) is 19.8 Å². The van der Waals surface area contributed by atoms with E-state index in [2.05, 4.69) is 14.9 Å². The largest absolute Gasteiger partial charge is 0.451 e. The second kappa shape index (κ2) is 8.00. The van der Waals surface area contributed by atoms with Gasteiger partial charge in [-0.15, -0.1) is 0 Å². The Kier molecular flexibility index (Phi) is 5.52. The Bertz CT molecular complexity index is 759. The highest BCUT2D eigenvalue weighted by molar-refractivity contribution is 5.91. The number of amides is 1. The molecule has 3 rings (SSSR count). The Balaban J connectivity index is 1.52. The first-order valence-corrected chi connectivity index (χ1v) is 8.17. The number of hydrogen-bond acceptors (Lipinski definition) is 7. The number of fused-ring (bicyclic) bond motifs is 1. The average molecular weight is 344 g/mol. The van der Waals surface area contributed by atoms with Gasteiger partial charge in [0.15, 0.2) is 12.3 Å². The molecule has 8 heteroatoms. The molecule has 1 saturated heterocycles. The van der Waals surface area contributed by atoms with Crippen molar-refractivity contribution in [2.45, 2.75) is 0 Å². The number of piperazine rings is 1. The molecule has 1 aliphatic rings. The normalized spacial score (nSPS) is 15.3. The van der Waals surface area contributed by atoms with Crippen LogP contribution in [0.15, 0.2) is 30.5 Å². The highest BCUT2D eigenvalue weighted by atomic mass is 16.5. The van der Waals surface area contributed by atoms with Gasteiger partial charge in [0.2, 0.25) is 0 Å². The van der Waals surface area contributed by atoms with E-state index >= 15 is 0 Å². The maximum absolute atomic E-state index is 12.2. The van der Waals surface area contributed by atoms with Crippen LogP contribution in [0.5, 0.6) is 0 Å². The van der Waals surface area contributed by atoms with Gasteiger partial charge >= 0.3 is 5.97 Å². The Morgan fingerprint density at radius 3 is 2.56 bits per heavy atom. The summed E-state index contributed by atoms with van der Waals surface area (Å²) in [7, 11) is 0. The molecule has 8 nitrogen and oxygen atoms in total. The number of benzene rings is 1. The third-order valence-electron chi connectivity index (χ3n) is 4.13. The molecule has 1 aromatic carbocycles. The summed E-state index contributed by atoms with van der Waals surface area (Å²) in [6, 6.07) is 7.22. The van der Waals surface area contributed by atoms with E-state index in [9.17, 15) is 9.59 Å².